The van der Waals surface area contributed by atoms with Gasteiger partial charge in [0.2, 0.25) is 0 Å². The van der Waals surface area contributed by atoms with Crippen molar-refractivity contribution in [3.63, 3.8) is 0 Å². The van der Waals surface area contributed by atoms with E-state index in [0.717, 1.165) is 0 Å². The minimum atomic E-state index is -0.468. The number of carbonyl (C=O) groups excluding carboxylic acids is 2. The van der Waals surface area contributed by atoms with E-state index in [-0.39, 0.29) is 11.7 Å². The van der Waals surface area contributed by atoms with Crippen LogP contribution in [0.1, 0.15) is 38.1 Å². The van der Waals surface area contributed by atoms with E-state index >= 15 is 0 Å². The van der Waals surface area contributed by atoms with Gasteiger partial charge in [-0.3, -0.25) is 4.79 Å². The normalized spacial score (nSPS) is 10.2. The van der Waals surface area contributed by atoms with Crippen molar-refractivity contribution in [2.75, 3.05) is 26.2 Å². The van der Waals surface area contributed by atoms with Crippen LogP contribution in [0.2, 0.25) is 0 Å². The van der Waals surface area contributed by atoms with Crippen LogP contribution in [-0.2, 0) is 0 Å². The number of pyridine rings is 1. The molecule has 1 heterocycles. The number of rotatable bonds is 6. The average Bonchev–Trinajstić information content (AvgIpc) is 2.51. The maximum Gasteiger partial charge on any atom is 0.415 e. The molecule has 2 amide bonds. The Hall–Kier alpha value is -1.38. The Morgan fingerprint density at radius 3 is 2.14 bits per heavy atom. The van der Waals surface area contributed by atoms with Crippen LogP contribution in [0.3, 0.4) is 0 Å². The molecule has 6 nitrogen and oxygen atoms in total. The standard InChI is InChI=1S/C15H22IN3O3/c1-5-18(6-2)14(20)11-9-10-17-13(16)12(11)22-15(21)19(7-3)8-4/h9-10H,5-8H2,1-4H3. The molecule has 0 aromatic carbocycles. The van der Waals surface area contributed by atoms with Crippen molar-refractivity contribution < 1.29 is 14.3 Å². The Kier molecular flexibility index (Phi) is 7.57. The topological polar surface area (TPSA) is 62.7 Å². The highest BCUT2D eigenvalue weighted by Gasteiger charge is 2.23. The molecule has 0 saturated carbocycles. The van der Waals surface area contributed by atoms with Gasteiger partial charge in [0.25, 0.3) is 5.91 Å². The van der Waals surface area contributed by atoms with E-state index in [1.807, 2.05) is 50.3 Å². The molecule has 0 unspecified atom stereocenters. The van der Waals surface area contributed by atoms with Crippen LogP contribution in [0.4, 0.5) is 4.79 Å². The summed E-state index contributed by atoms with van der Waals surface area (Å²) < 4.78 is 5.95. The molecule has 0 fully saturated rings. The molecule has 1 aromatic rings. The first-order valence-corrected chi connectivity index (χ1v) is 8.48. The second-order valence-electron chi connectivity index (χ2n) is 4.50. The van der Waals surface area contributed by atoms with E-state index in [0.29, 0.717) is 35.4 Å². The van der Waals surface area contributed by atoms with Gasteiger partial charge in [-0.2, -0.15) is 0 Å². The average molecular weight is 419 g/mol. The van der Waals surface area contributed by atoms with Crippen molar-refractivity contribution in [3.8, 4) is 5.75 Å². The van der Waals surface area contributed by atoms with Crippen molar-refractivity contribution >= 4 is 34.6 Å². The second-order valence-corrected chi connectivity index (χ2v) is 5.52. The molecule has 0 aliphatic carbocycles. The molecule has 0 aliphatic heterocycles. The summed E-state index contributed by atoms with van der Waals surface area (Å²) in [5.74, 6) is 0.0737. The monoisotopic (exact) mass is 419 g/mol. The van der Waals surface area contributed by atoms with Gasteiger partial charge in [0, 0.05) is 32.4 Å². The summed E-state index contributed by atoms with van der Waals surface area (Å²) in [6.45, 7) is 9.86. The van der Waals surface area contributed by atoms with Gasteiger partial charge in [0.05, 0.1) is 5.56 Å². The van der Waals surface area contributed by atoms with E-state index in [1.165, 1.54) is 0 Å². The Labute approximate surface area is 145 Å². The van der Waals surface area contributed by atoms with Crippen LogP contribution in [0, 0.1) is 3.70 Å². The van der Waals surface area contributed by atoms with Crippen molar-refractivity contribution in [1.82, 2.24) is 14.8 Å². The second kappa shape index (κ2) is 8.92. The van der Waals surface area contributed by atoms with Gasteiger partial charge >= 0.3 is 6.09 Å². The fraction of sp³-hybridized carbons (Fsp3) is 0.533. The highest BCUT2D eigenvalue weighted by atomic mass is 127. The first-order valence-electron chi connectivity index (χ1n) is 7.40. The molecular weight excluding hydrogens is 397 g/mol. The summed E-state index contributed by atoms with van der Waals surface area (Å²) in [5.41, 5.74) is 0.364. The number of hydrogen-bond acceptors (Lipinski definition) is 4. The smallest absolute Gasteiger partial charge is 0.407 e. The maximum absolute atomic E-state index is 12.6. The van der Waals surface area contributed by atoms with Crippen molar-refractivity contribution in [2.45, 2.75) is 27.7 Å². The zero-order valence-corrected chi connectivity index (χ0v) is 15.6. The fourth-order valence-corrected chi connectivity index (χ4v) is 2.56. The van der Waals surface area contributed by atoms with E-state index in [1.54, 1.807) is 22.1 Å². The molecule has 22 heavy (non-hydrogen) atoms. The van der Waals surface area contributed by atoms with Crippen molar-refractivity contribution in [1.29, 1.82) is 0 Å². The van der Waals surface area contributed by atoms with Crippen LogP contribution < -0.4 is 4.74 Å². The van der Waals surface area contributed by atoms with Crippen LogP contribution in [0.25, 0.3) is 0 Å². The summed E-state index contributed by atoms with van der Waals surface area (Å²) in [6.07, 6.45) is 1.08. The molecule has 0 N–H and O–H groups in total. The number of halogens is 1. The third kappa shape index (κ3) is 4.31. The first-order chi connectivity index (χ1) is 10.5. The summed E-state index contributed by atoms with van der Waals surface area (Å²) in [6, 6.07) is 1.59. The van der Waals surface area contributed by atoms with E-state index < -0.39 is 6.09 Å². The number of carbonyl (C=O) groups is 2. The highest BCUT2D eigenvalue weighted by molar-refractivity contribution is 14.1. The summed E-state index contributed by atoms with van der Waals surface area (Å²) in [7, 11) is 0. The van der Waals surface area contributed by atoms with Crippen LogP contribution in [-0.4, -0.2) is 53.0 Å². The quantitative estimate of drug-likeness (QED) is 0.526. The molecular formula is C15H22IN3O3. The Bertz CT molecular complexity index is 529. The van der Waals surface area contributed by atoms with Crippen LogP contribution in [0.15, 0.2) is 12.3 Å². The van der Waals surface area contributed by atoms with Crippen molar-refractivity contribution in [3.05, 3.63) is 21.5 Å². The Morgan fingerprint density at radius 1 is 1.09 bits per heavy atom. The molecule has 0 bridgehead atoms. The van der Waals surface area contributed by atoms with Gasteiger partial charge in [-0.25, -0.2) is 9.78 Å². The Balaban J connectivity index is 3.14. The van der Waals surface area contributed by atoms with E-state index in [2.05, 4.69) is 4.98 Å². The lowest BCUT2D eigenvalue weighted by molar-refractivity contribution is 0.0769. The Morgan fingerprint density at radius 2 is 1.64 bits per heavy atom. The highest BCUT2D eigenvalue weighted by Crippen LogP contribution is 2.25. The lowest BCUT2D eigenvalue weighted by Crippen LogP contribution is -2.35. The zero-order chi connectivity index (χ0) is 16.7. The van der Waals surface area contributed by atoms with Gasteiger partial charge < -0.3 is 14.5 Å². The van der Waals surface area contributed by atoms with E-state index in [9.17, 15) is 9.59 Å². The molecule has 122 valence electrons. The number of amides is 2. The van der Waals surface area contributed by atoms with Gasteiger partial charge in [0.1, 0.15) is 3.70 Å². The largest absolute Gasteiger partial charge is 0.415 e. The van der Waals surface area contributed by atoms with Gasteiger partial charge in [-0.15, -0.1) is 0 Å². The summed E-state index contributed by atoms with van der Waals surface area (Å²) in [4.78, 5) is 32.1. The first kappa shape index (κ1) is 18.7. The molecule has 7 heteroatoms. The molecule has 0 spiro atoms. The molecule has 0 saturated heterocycles. The third-order valence-corrected chi connectivity index (χ3v) is 4.12. The lowest BCUT2D eigenvalue weighted by Gasteiger charge is -2.22. The minimum absolute atomic E-state index is 0.160. The van der Waals surface area contributed by atoms with E-state index in [4.69, 9.17) is 4.74 Å². The third-order valence-electron chi connectivity index (χ3n) is 3.35. The summed E-state index contributed by atoms with van der Waals surface area (Å²) in [5, 5.41) is 0. The van der Waals surface area contributed by atoms with Crippen LogP contribution in [0.5, 0.6) is 5.75 Å². The maximum atomic E-state index is 12.6. The lowest BCUT2D eigenvalue weighted by atomic mass is 10.2. The van der Waals surface area contributed by atoms with Gasteiger partial charge in [-0.1, -0.05) is 0 Å². The number of ether oxygens (including phenoxy) is 1. The van der Waals surface area contributed by atoms with Gasteiger partial charge in [0.15, 0.2) is 5.75 Å². The minimum Gasteiger partial charge on any atom is -0.407 e. The van der Waals surface area contributed by atoms with Gasteiger partial charge in [-0.05, 0) is 56.4 Å². The molecule has 1 aromatic heterocycles. The predicted molar refractivity (Wildman–Crippen MR) is 93.2 cm³/mol. The number of hydrogen-bond donors (Lipinski definition) is 0. The molecule has 1 rings (SSSR count). The molecule has 0 radical (unpaired) electrons. The molecule has 0 aliphatic rings. The summed E-state index contributed by atoms with van der Waals surface area (Å²) >= 11 is 1.97. The van der Waals surface area contributed by atoms with Crippen molar-refractivity contribution in [2.24, 2.45) is 0 Å². The SMILES string of the molecule is CCN(CC)C(=O)Oc1c(C(=O)N(CC)CC)ccnc1I. The molecule has 0 atom stereocenters. The zero-order valence-electron chi connectivity index (χ0n) is 13.4. The number of aromatic nitrogens is 1. The number of nitrogens with zero attached hydrogens (tertiary/aromatic N) is 3. The predicted octanol–water partition coefficient (Wildman–Crippen LogP) is 3.01. The fourth-order valence-electron chi connectivity index (χ4n) is 2.00. The van der Waals surface area contributed by atoms with Crippen LogP contribution >= 0.6 is 22.6 Å².